The van der Waals surface area contributed by atoms with E-state index in [9.17, 15) is 43.9 Å². The minimum atomic E-state index is -4.68. The number of likely N-dealkylation sites (N-methyl/N-ethyl adjacent to an activating group) is 1. The van der Waals surface area contributed by atoms with Crippen LogP contribution in [0.5, 0.6) is 0 Å². The summed E-state index contributed by atoms with van der Waals surface area (Å²) in [4.78, 5) is 51.7. The van der Waals surface area contributed by atoms with Crippen LogP contribution in [0.2, 0.25) is 10.6 Å². The molecule has 69 heavy (non-hydrogen) atoms. The van der Waals surface area contributed by atoms with Crippen molar-refractivity contribution in [3.8, 4) is 0 Å². The van der Waals surface area contributed by atoms with Crippen LogP contribution in [0.4, 0.5) is 5.69 Å². The van der Waals surface area contributed by atoms with Crippen LogP contribution in [0.15, 0.2) is 112 Å². The largest absolute Gasteiger partial charge is 0.352 e. The first-order valence-corrected chi connectivity index (χ1v) is 27.2. The SMILES string of the molecule is CON(C)C(=O)C1=CN(CCCS(C)(=O)=O)C2N=C(C=CC=CC=C3N(CCCS(=O)(=O)O)c4ccc(S(=O)(=O)O)cc4C3(C)c3ccc(C(=O)NCCc4nc(Cl)nc(Cl)n4)cc3)C(C)(C)C2=C1. The molecule has 0 fully saturated rings. The lowest BCUT2D eigenvalue weighted by Gasteiger charge is -2.34. The number of hydrogen-bond donors (Lipinski definition) is 3. The van der Waals surface area contributed by atoms with Crippen molar-refractivity contribution in [1.82, 2.24) is 30.2 Å². The van der Waals surface area contributed by atoms with Crippen molar-refractivity contribution in [2.75, 3.05) is 56.5 Å². The number of carbonyl (C=O) groups excluding carboxylic acids is 2. The Kier molecular flexibility index (Phi) is 16.1. The Labute approximate surface area is 411 Å². The predicted molar refractivity (Wildman–Crippen MR) is 262 cm³/mol. The van der Waals surface area contributed by atoms with Crippen LogP contribution in [0.3, 0.4) is 0 Å². The van der Waals surface area contributed by atoms with Crippen molar-refractivity contribution in [1.29, 1.82) is 0 Å². The van der Waals surface area contributed by atoms with Gasteiger partial charge < -0.3 is 15.1 Å². The topological polar surface area (TPSA) is 259 Å². The molecular formula is C45H52Cl2N8O11S3. The second kappa shape index (κ2) is 20.9. The number of sulfone groups is 1. The first-order chi connectivity index (χ1) is 32.2. The van der Waals surface area contributed by atoms with Gasteiger partial charge in [-0.25, -0.2) is 23.4 Å². The lowest BCUT2D eigenvalue weighted by molar-refractivity contribution is -0.163. The van der Waals surface area contributed by atoms with Crippen LogP contribution in [0, 0.1) is 5.41 Å². The van der Waals surface area contributed by atoms with E-state index >= 15 is 0 Å². The Balaban J connectivity index is 1.34. The molecule has 370 valence electrons. The summed E-state index contributed by atoms with van der Waals surface area (Å²) in [5.41, 5.74) is 2.44. The number of hydroxylamine groups is 2. The Morgan fingerprint density at radius 2 is 1.58 bits per heavy atom. The number of aliphatic imine (C=N–C) groups is 1. The van der Waals surface area contributed by atoms with Gasteiger partial charge in [0.15, 0.2) is 0 Å². The summed E-state index contributed by atoms with van der Waals surface area (Å²) < 4.78 is 92.4. The van der Waals surface area contributed by atoms with Crippen molar-refractivity contribution >= 4 is 76.5 Å². The lowest BCUT2D eigenvalue weighted by atomic mass is 9.75. The maximum Gasteiger partial charge on any atom is 0.294 e. The third-order valence-electron chi connectivity index (χ3n) is 12.0. The van der Waals surface area contributed by atoms with E-state index in [0.29, 0.717) is 52.3 Å². The van der Waals surface area contributed by atoms with E-state index in [1.165, 1.54) is 38.6 Å². The fourth-order valence-corrected chi connectivity index (χ4v) is 10.4. The molecule has 3 aliphatic heterocycles. The Morgan fingerprint density at radius 1 is 0.913 bits per heavy atom. The summed E-state index contributed by atoms with van der Waals surface area (Å²) in [5, 5.41) is 3.74. The average Bonchev–Trinajstić information content (AvgIpc) is 3.66. The summed E-state index contributed by atoms with van der Waals surface area (Å²) in [7, 11) is -9.40. The number of rotatable bonds is 19. The molecule has 1 aromatic heterocycles. The zero-order chi connectivity index (χ0) is 50.7. The van der Waals surface area contributed by atoms with E-state index in [2.05, 4.69) is 20.3 Å². The van der Waals surface area contributed by atoms with Gasteiger partial charge in [0.2, 0.25) is 10.6 Å². The summed E-state index contributed by atoms with van der Waals surface area (Å²) in [6.07, 6.45) is 13.5. The first-order valence-electron chi connectivity index (χ1n) is 21.4. The minimum Gasteiger partial charge on any atom is -0.352 e. The van der Waals surface area contributed by atoms with Gasteiger partial charge in [-0.2, -0.15) is 21.8 Å². The van der Waals surface area contributed by atoms with E-state index in [-0.39, 0.29) is 53.0 Å². The minimum absolute atomic E-state index is 0.0153. The second-order valence-corrected chi connectivity index (χ2v) is 23.1. The number of nitrogens with one attached hydrogen (secondary N) is 1. The molecule has 4 heterocycles. The van der Waals surface area contributed by atoms with Crippen LogP contribution in [-0.2, 0) is 51.5 Å². The molecule has 3 aliphatic rings. The quantitative estimate of drug-likeness (QED) is 0.0793. The number of aromatic nitrogens is 3. The normalized spacial score (nSPS) is 19.7. The molecule has 2 amide bonds. The maximum absolute atomic E-state index is 13.3. The molecule has 0 spiro atoms. The fourth-order valence-electron chi connectivity index (χ4n) is 8.36. The molecule has 2 unspecified atom stereocenters. The first kappa shape index (κ1) is 53.0. The second-order valence-electron chi connectivity index (χ2n) is 17.1. The molecule has 3 N–H and O–H groups in total. The summed E-state index contributed by atoms with van der Waals surface area (Å²) in [6.45, 7) is 6.31. The summed E-state index contributed by atoms with van der Waals surface area (Å²) >= 11 is 11.8. The van der Waals surface area contributed by atoms with E-state index < -0.39 is 64.6 Å². The lowest BCUT2D eigenvalue weighted by Crippen LogP contribution is -2.38. The number of nitrogens with zero attached hydrogens (tertiary/aromatic N) is 7. The molecule has 2 aromatic carbocycles. The molecule has 0 aliphatic carbocycles. The highest BCUT2D eigenvalue weighted by Gasteiger charge is 2.46. The smallest absolute Gasteiger partial charge is 0.294 e. The third-order valence-corrected chi connectivity index (χ3v) is 15.0. The van der Waals surface area contributed by atoms with Gasteiger partial charge in [0.25, 0.3) is 32.1 Å². The van der Waals surface area contributed by atoms with Crippen LogP contribution in [-0.4, -0.2) is 135 Å². The van der Waals surface area contributed by atoms with E-state index in [4.69, 9.17) is 33.0 Å². The number of anilines is 1. The number of allylic oxidation sites excluding steroid dienone is 6. The zero-order valence-corrected chi connectivity index (χ0v) is 42.5. The molecule has 0 radical (unpaired) electrons. The van der Waals surface area contributed by atoms with Gasteiger partial charge in [-0.05, 0) is 108 Å². The van der Waals surface area contributed by atoms with Crippen molar-refractivity contribution < 1.29 is 48.8 Å². The fraction of sp³-hybridized carbons (Fsp3) is 0.378. The molecule has 3 aromatic rings. The van der Waals surface area contributed by atoms with Gasteiger partial charge in [-0.1, -0.05) is 44.2 Å². The van der Waals surface area contributed by atoms with Gasteiger partial charge >= 0.3 is 0 Å². The van der Waals surface area contributed by atoms with Crippen molar-refractivity contribution in [2.45, 2.75) is 56.5 Å². The molecule has 6 rings (SSSR count). The molecule has 2 atom stereocenters. The number of amides is 2. The number of halogens is 2. The van der Waals surface area contributed by atoms with Crippen LogP contribution in [0.1, 0.15) is 60.9 Å². The van der Waals surface area contributed by atoms with E-state index in [0.717, 1.165) is 10.6 Å². The summed E-state index contributed by atoms with van der Waals surface area (Å²) in [5.74, 6) is -1.12. The van der Waals surface area contributed by atoms with Gasteiger partial charge in [0.05, 0.1) is 34.5 Å². The average molecular weight is 1050 g/mol. The van der Waals surface area contributed by atoms with Crippen LogP contribution < -0.4 is 10.2 Å². The van der Waals surface area contributed by atoms with E-state index in [1.54, 1.807) is 60.8 Å². The van der Waals surface area contributed by atoms with Crippen LogP contribution in [0.25, 0.3) is 0 Å². The van der Waals surface area contributed by atoms with E-state index in [1.807, 2.05) is 36.6 Å². The highest BCUT2D eigenvalue weighted by atomic mass is 35.5. The number of carbonyl (C=O) groups is 2. The maximum atomic E-state index is 13.3. The standard InChI is InChI=1S/C45H52Cl2N8O11S3/c1-44(2)34-26-30(41(57)53(4)66-5)28-54(22-10-24-67(6,58)59)39(34)49-36(44)12-8-7-9-13-37-45(3,33-27-32(69(63,64)65)18-19-35(33)55(37)23-11-25-68(60,61)62)31-16-14-29(15-17-31)40(56)48-21-20-38-50-42(46)52-43(47)51-38/h7-9,12-19,26-28,39H,10-11,20-25H2,1-6H3,(H,48,56)(H,60,61,62)(H,63,64,65). The third kappa shape index (κ3) is 12.5. The van der Waals surface area contributed by atoms with Gasteiger partial charge in [-0.3, -0.25) is 28.5 Å². The van der Waals surface area contributed by atoms with Gasteiger partial charge in [-0.15, -0.1) is 0 Å². The zero-order valence-electron chi connectivity index (χ0n) is 38.5. The van der Waals surface area contributed by atoms with Crippen LogP contribution >= 0.6 is 23.2 Å². The molecule has 24 heteroatoms. The predicted octanol–water partition coefficient (Wildman–Crippen LogP) is 5.19. The Morgan fingerprint density at radius 3 is 2.20 bits per heavy atom. The van der Waals surface area contributed by atoms with Crippen molar-refractivity contribution in [3.05, 3.63) is 135 Å². The number of hydrogen-bond acceptors (Lipinski definition) is 15. The highest BCUT2D eigenvalue weighted by molar-refractivity contribution is 7.90. The Hall–Kier alpha value is -5.33. The van der Waals surface area contributed by atoms with Crippen molar-refractivity contribution in [2.24, 2.45) is 10.4 Å². The highest BCUT2D eigenvalue weighted by Crippen LogP contribution is 2.52. The molecule has 19 nitrogen and oxygen atoms in total. The Bertz CT molecular complexity index is 3030. The van der Waals surface area contributed by atoms with Gasteiger partial charge in [0.1, 0.15) is 21.8 Å². The number of fused-ring (bicyclic) bond motifs is 2. The number of benzene rings is 2. The van der Waals surface area contributed by atoms with Crippen molar-refractivity contribution in [3.63, 3.8) is 0 Å². The summed E-state index contributed by atoms with van der Waals surface area (Å²) in [6, 6.07) is 10.7. The molecule has 0 saturated heterocycles. The van der Waals surface area contributed by atoms with Gasteiger partial charge in [0, 0.05) is 73.6 Å². The molecule has 0 bridgehead atoms. The monoisotopic (exact) mass is 1050 g/mol. The molecular weight excluding hydrogens is 996 g/mol. The molecule has 0 saturated carbocycles.